The van der Waals surface area contributed by atoms with Crippen LogP contribution in [0, 0.1) is 0 Å². The number of rotatable bonds is 2. The molecular formula is C7H5BrClNO. The van der Waals surface area contributed by atoms with Gasteiger partial charge in [-0.1, -0.05) is 11.6 Å². The van der Waals surface area contributed by atoms with E-state index in [9.17, 15) is 4.79 Å². The van der Waals surface area contributed by atoms with E-state index < -0.39 is 0 Å². The fraction of sp³-hybridized carbons (Fsp3) is 0.143. The molecule has 0 aliphatic carbocycles. The molecule has 1 aromatic rings. The Kier molecular flexibility index (Phi) is 3.02. The smallest absolute Gasteiger partial charge is 0.125 e. The van der Waals surface area contributed by atoms with Gasteiger partial charge < -0.3 is 4.79 Å². The van der Waals surface area contributed by atoms with Crippen LogP contribution in [-0.2, 0) is 11.2 Å². The van der Waals surface area contributed by atoms with Crippen molar-refractivity contribution >= 4 is 33.8 Å². The monoisotopic (exact) mass is 233 g/mol. The van der Waals surface area contributed by atoms with Crippen molar-refractivity contribution in [2.24, 2.45) is 0 Å². The normalized spacial score (nSPS) is 9.64. The van der Waals surface area contributed by atoms with Crippen LogP contribution in [0.15, 0.2) is 16.7 Å². The lowest BCUT2D eigenvalue weighted by Gasteiger charge is -1.97. The Morgan fingerprint density at radius 3 is 3.00 bits per heavy atom. The van der Waals surface area contributed by atoms with Crippen LogP contribution in [0.2, 0.25) is 5.02 Å². The predicted molar refractivity (Wildman–Crippen MR) is 46.7 cm³/mol. The summed E-state index contributed by atoms with van der Waals surface area (Å²) in [6.07, 6.45) is 1.04. The topological polar surface area (TPSA) is 30.0 Å². The summed E-state index contributed by atoms with van der Waals surface area (Å²) < 4.78 is 0.693. The van der Waals surface area contributed by atoms with Gasteiger partial charge in [-0.2, -0.15) is 0 Å². The molecule has 0 aromatic carbocycles. The molecule has 58 valence electrons. The zero-order chi connectivity index (χ0) is 8.27. The maximum absolute atomic E-state index is 10.1. The number of halogens is 2. The molecule has 0 aliphatic rings. The highest BCUT2D eigenvalue weighted by Crippen LogP contribution is 2.16. The fourth-order valence-electron chi connectivity index (χ4n) is 0.680. The Morgan fingerprint density at radius 2 is 2.36 bits per heavy atom. The first-order valence-electron chi connectivity index (χ1n) is 2.98. The van der Waals surface area contributed by atoms with Gasteiger partial charge in [0.05, 0.1) is 10.7 Å². The van der Waals surface area contributed by atoms with Crippen molar-refractivity contribution in [2.75, 3.05) is 0 Å². The lowest BCUT2D eigenvalue weighted by Crippen LogP contribution is -1.92. The number of hydrogen-bond acceptors (Lipinski definition) is 2. The van der Waals surface area contributed by atoms with Crippen molar-refractivity contribution in [3.8, 4) is 0 Å². The van der Waals surface area contributed by atoms with E-state index in [2.05, 4.69) is 20.9 Å². The summed E-state index contributed by atoms with van der Waals surface area (Å²) in [6.45, 7) is 0. The maximum atomic E-state index is 10.1. The van der Waals surface area contributed by atoms with Gasteiger partial charge in [0, 0.05) is 6.42 Å². The van der Waals surface area contributed by atoms with Crippen LogP contribution in [0.5, 0.6) is 0 Å². The molecule has 1 rings (SSSR count). The van der Waals surface area contributed by atoms with Crippen LogP contribution < -0.4 is 0 Å². The van der Waals surface area contributed by atoms with Crippen molar-refractivity contribution < 1.29 is 4.79 Å². The Balaban J connectivity index is 3.01. The number of nitrogens with zero attached hydrogens (tertiary/aromatic N) is 1. The average molecular weight is 234 g/mol. The summed E-state index contributed by atoms with van der Waals surface area (Å²) in [7, 11) is 0. The van der Waals surface area contributed by atoms with Crippen LogP contribution >= 0.6 is 27.5 Å². The highest BCUT2D eigenvalue weighted by molar-refractivity contribution is 9.10. The quantitative estimate of drug-likeness (QED) is 0.580. The van der Waals surface area contributed by atoms with E-state index in [1.807, 2.05) is 0 Å². The van der Waals surface area contributed by atoms with Crippen molar-refractivity contribution in [3.63, 3.8) is 0 Å². The van der Waals surface area contributed by atoms with E-state index in [0.29, 0.717) is 15.3 Å². The molecule has 11 heavy (non-hydrogen) atoms. The van der Waals surface area contributed by atoms with Crippen LogP contribution in [-0.4, -0.2) is 11.3 Å². The first-order chi connectivity index (χ1) is 5.24. The van der Waals surface area contributed by atoms with Gasteiger partial charge in [0.25, 0.3) is 0 Å². The Labute approximate surface area is 77.7 Å². The van der Waals surface area contributed by atoms with Crippen molar-refractivity contribution in [1.82, 2.24) is 4.98 Å². The van der Waals surface area contributed by atoms with E-state index in [-0.39, 0.29) is 6.42 Å². The summed E-state index contributed by atoms with van der Waals surface area (Å²) in [6, 6.07) is 3.44. The van der Waals surface area contributed by atoms with Gasteiger partial charge in [0.1, 0.15) is 10.9 Å². The number of carbonyl (C=O) groups excluding carboxylic acids is 1. The fourth-order valence-corrected chi connectivity index (χ4v) is 1.21. The number of aromatic nitrogens is 1. The zero-order valence-electron chi connectivity index (χ0n) is 5.55. The maximum Gasteiger partial charge on any atom is 0.125 e. The van der Waals surface area contributed by atoms with Gasteiger partial charge in [-0.3, -0.25) is 0 Å². The SMILES string of the molecule is O=CCc1nc(Br)ccc1Cl. The third-order valence-corrected chi connectivity index (χ3v) is 1.95. The number of carbonyl (C=O) groups is 1. The number of hydrogen-bond donors (Lipinski definition) is 0. The standard InChI is InChI=1S/C7H5BrClNO/c8-7-2-1-5(9)6(10-7)3-4-11/h1-2,4H,3H2. The third kappa shape index (κ3) is 2.27. The molecule has 0 radical (unpaired) electrons. The Bertz CT molecular complexity index is 277. The Morgan fingerprint density at radius 1 is 1.64 bits per heavy atom. The molecule has 2 nitrogen and oxygen atoms in total. The molecular weight excluding hydrogens is 229 g/mol. The molecule has 0 aliphatic heterocycles. The van der Waals surface area contributed by atoms with E-state index in [1.54, 1.807) is 12.1 Å². The van der Waals surface area contributed by atoms with Crippen molar-refractivity contribution in [3.05, 3.63) is 27.5 Å². The minimum absolute atomic E-state index is 0.262. The highest BCUT2D eigenvalue weighted by atomic mass is 79.9. The van der Waals surface area contributed by atoms with Crippen molar-refractivity contribution in [1.29, 1.82) is 0 Å². The second kappa shape index (κ2) is 3.83. The second-order valence-electron chi connectivity index (χ2n) is 1.93. The van der Waals surface area contributed by atoms with Gasteiger partial charge in [0.2, 0.25) is 0 Å². The summed E-state index contributed by atoms with van der Waals surface area (Å²) in [5.41, 5.74) is 0.607. The number of aldehydes is 1. The van der Waals surface area contributed by atoms with Crippen molar-refractivity contribution in [2.45, 2.75) is 6.42 Å². The Hall–Kier alpha value is -0.410. The van der Waals surface area contributed by atoms with Gasteiger partial charge in [-0.15, -0.1) is 0 Å². The summed E-state index contributed by atoms with van der Waals surface area (Å²) in [5, 5.41) is 0.528. The average Bonchev–Trinajstić information content (AvgIpc) is 1.98. The summed E-state index contributed by atoms with van der Waals surface area (Å²) >= 11 is 8.91. The molecule has 0 saturated heterocycles. The molecule has 0 bridgehead atoms. The molecule has 4 heteroatoms. The molecule has 1 heterocycles. The second-order valence-corrected chi connectivity index (χ2v) is 3.15. The summed E-state index contributed by atoms with van der Waals surface area (Å²) in [4.78, 5) is 14.1. The highest BCUT2D eigenvalue weighted by Gasteiger charge is 2.00. The van der Waals surface area contributed by atoms with Gasteiger partial charge >= 0.3 is 0 Å². The molecule has 0 amide bonds. The zero-order valence-corrected chi connectivity index (χ0v) is 7.89. The van der Waals surface area contributed by atoms with Crippen LogP contribution in [0.4, 0.5) is 0 Å². The van der Waals surface area contributed by atoms with Crippen LogP contribution in [0.25, 0.3) is 0 Å². The summed E-state index contributed by atoms with van der Waals surface area (Å²) in [5.74, 6) is 0. The third-order valence-electron chi connectivity index (χ3n) is 1.16. The lowest BCUT2D eigenvalue weighted by molar-refractivity contribution is -0.107. The molecule has 0 N–H and O–H groups in total. The molecule has 0 fully saturated rings. The van der Waals surface area contributed by atoms with E-state index >= 15 is 0 Å². The lowest BCUT2D eigenvalue weighted by atomic mass is 10.3. The van der Waals surface area contributed by atoms with E-state index in [0.717, 1.165) is 6.29 Å². The first kappa shape index (κ1) is 8.68. The van der Waals surface area contributed by atoms with Gasteiger partial charge in [-0.25, -0.2) is 4.98 Å². The molecule has 0 saturated carbocycles. The first-order valence-corrected chi connectivity index (χ1v) is 4.15. The minimum Gasteiger partial charge on any atom is -0.303 e. The molecule has 0 unspecified atom stereocenters. The van der Waals surface area contributed by atoms with E-state index in [4.69, 9.17) is 11.6 Å². The predicted octanol–water partition coefficient (Wildman–Crippen LogP) is 2.24. The van der Waals surface area contributed by atoms with E-state index in [1.165, 1.54) is 0 Å². The van der Waals surface area contributed by atoms with Gasteiger partial charge in [0.15, 0.2) is 0 Å². The molecule has 0 atom stereocenters. The van der Waals surface area contributed by atoms with Gasteiger partial charge in [-0.05, 0) is 28.1 Å². The van der Waals surface area contributed by atoms with Crippen LogP contribution in [0.1, 0.15) is 5.69 Å². The molecule has 1 aromatic heterocycles. The number of pyridine rings is 1. The van der Waals surface area contributed by atoms with Crippen LogP contribution in [0.3, 0.4) is 0 Å². The largest absolute Gasteiger partial charge is 0.303 e. The minimum atomic E-state index is 0.262. The molecule has 0 spiro atoms.